The number of nitrogens with zero attached hydrogens (tertiary/aromatic N) is 3. The van der Waals surface area contributed by atoms with Crippen LogP contribution in [-0.4, -0.2) is 21.6 Å². The zero-order valence-electron chi connectivity index (χ0n) is 13.0. The molecule has 0 aliphatic rings. The lowest BCUT2D eigenvalue weighted by atomic mass is 10.1. The topological polar surface area (TPSA) is 109 Å². The predicted molar refractivity (Wildman–Crippen MR) is 84.4 cm³/mol. The lowest BCUT2D eigenvalue weighted by Gasteiger charge is -2.07. The monoisotopic (exact) mass is 301 g/mol. The van der Waals surface area contributed by atoms with Gasteiger partial charge in [0.25, 0.3) is 0 Å². The van der Waals surface area contributed by atoms with Crippen molar-refractivity contribution < 1.29 is 9.63 Å². The minimum absolute atomic E-state index is 0.0948. The molecule has 1 aromatic carbocycles. The fourth-order valence-corrected chi connectivity index (χ4v) is 2.19. The second kappa shape index (κ2) is 5.88. The maximum absolute atomic E-state index is 12.1. The molecule has 0 bridgehead atoms. The van der Waals surface area contributed by atoms with Gasteiger partial charge < -0.3 is 16.3 Å². The summed E-state index contributed by atoms with van der Waals surface area (Å²) in [5, 5.41) is 7.88. The number of nitrogen functional groups attached to an aromatic ring is 1. The third-order valence-electron chi connectivity index (χ3n) is 3.59. The fourth-order valence-electron chi connectivity index (χ4n) is 2.19. The van der Waals surface area contributed by atoms with Crippen LogP contribution >= 0.6 is 0 Å². The first-order valence-electron chi connectivity index (χ1n) is 6.73. The molecule has 0 aliphatic carbocycles. The van der Waals surface area contributed by atoms with E-state index in [2.05, 4.69) is 10.3 Å². The van der Waals surface area contributed by atoms with Gasteiger partial charge >= 0.3 is 5.97 Å². The maximum Gasteiger partial charge on any atom is 0.369 e. The summed E-state index contributed by atoms with van der Waals surface area (Å²) in [6.45, 7) is 5.34. The fraction of sp³-hybridized carbons (Fsp3) is 0.267. The molecule has 0 saturated heterocycles. The molecular formula is C15H19N5O2. The number of aryl methyl sites for hydroxylation is 2. The number of benzene rings is 1. The molecule has 22 heavy (non-hydrogen) atoms. The number of aromatic nitrogens is 2. The van der Waals surface area contributed by atoms with Crippen molar-refractivity contribution in [2.24, 2.45) is 17.9 Å². The van der Waals surface area contributed by atoms with Gasteiger partial charge in [-0.25, -0.2) is 4.79 Å². The lowest BCUT2D eigenvalue weighted by Crippen LogP contribution is -2.17. The Morgan fingerprint density at radius 3 is 2.59 bits per heavy atom. The van der Waals surface area contributed by atoms with Crippen molar-refractivity contribution in [1.29, 1.82) is 0 Å². The van der Waals surface area contributed by atoms with Gasteiger partial charge in [0.15, 0.2) is 5.84 Å². The Labute approximate surface area is 128 Å². The van der Waals surface area contributed by atoms with Crippen molar-refractivity contribution in [2.45, 2.75) is 20.8 Å². The molecule has 7 heteroatoms. The van der Waals surface area contributed by atoms with Gasteiger partial charge in [-0.2, -0.15) is 5.10 Å². The van der Waals surface area contributed by atoms with Crippen molar-refractivity contribution in [2.75, 3.05) is 5.73 Å². The first-order valence-corrected chi connectivity index (χ1v) is 6.73. The number of amidine groups is 1. The van der Waals surface area contributed by atoms with Crippen LogP contribution in [0.15, 0.2) is 23.4 Å². The third-order valence-corrected chi connectivity index (χ3v) is 3.59. The first kappa shape index (κ1) is 15.6. The summed E-state index contributed by atoms with van der Waals surface area (Å²) in [7, 11) is 1.76. The standard InChI is InChI=1S/C15H19N5O2/c1-8-11(6-5-7-12(8)16)14(17)19-22-15(21)13-9(2)18-20(4)10(13)3/h5-7H,16H2,1-4H3,(H2,17,19). The SMILES string of the molecule is Cc1nn(C)c(C)c1C(=O)O/N=C(\N)c1cccc(N)c1C. The van der Waals surface area contributed by atoms with Gasteiger partial charge in [-0.3, -0.25) is 4.68 Å². The van der Waals surface area contributed by atoms with Crippen molar-refractivity contribution in [1.82, 2.24) is 9.78 Å². The van der Waals surface area contributed by atoms with Crippen LogP contribution in [0, 0.1) is 20.8 Å². The number of rotatable bonds is 3. The molecule has 1 heterocycles. The van der Waals surface area contributed by atoms with Gasteiger partial charge in [0.1, 0.15) is 5.56 Å². The number of hydrogen-bond donors (Lipinski definition) is 2. The zero-order chi connectivity index (χ0) is 16.4. The highest BCUT2D eigenvalue weighted by Gasteiger charge is 2.19. The van der Waals surface area contributed by atoms with Crippen molar-refractivity contribution in [3.05, 3.63) is 46.3 Å². The minimum Gasteiger partial charge on any atom is -0.398 e. The van der Waals surface area contributed by atoms with Crippen molar-refractivity contribution in [3.63, 3.8) is 0 Å². The van der Waals surface area contributed by atoms with E-state index in [9.17, 15) is 4.79 Å². The minimum atomic E-state index is -0.590. The molecule has 0 atom stereocenters. The number of nitrogens with two attached hydrogens (primary N) is 2. The van der Waals surface area contributed by atoms with Gasteiger partial charge in [-0.05, 0) is 32.4 Å². The molecule has 0 saturated carbocycles. The van der Waals surface area contributed by atoms with E-state index in [1.807, 2.05) is 6.92 Å². The largest absolute Gasteiger partial charge is 0.398 e. The molecule has 2 aromatic rings. The van der Waals surface area contributed by atoms with Gasteiger partial charge in [-0.1, -0.05) is 17.3 Å². The van der Waals surface area contributed by atoms with Gasteiger partial charge in [0.05, 0.1) is 5.69 Å². The summed E-state index contributed by atoms with van der Waals surface area (Å²) in [5.41, 5.74) is 15.4. The predicted octanol–water partition coefficient (Wildman–Crippen LogP) is 1.40. The Balaban J connectivity index is 2.24. The number of hydrogen-bond acceptors (Lipinski definition) is 5. The molecule has 1 aromatic heterocycles. The molecule has 0 radical (unpaired) electrons. The third kappa shape index (κ3) is 2.78. The lowest BCUT2D eigenvalue weighted by molar-refractivity contribution is 0.0514. The Kier molecular flexibility index (Phi) is 4.16. The maximum atomic E-state index is 12.1. The first-order chi connectivity index (χ1) is 10.3. The number of oxime groups is 1. The molecule has 0 amide bonds. The highest BCUT2D eigenvalue weighted by molar-refractivity contribution is 6.00. The second-order valence-corrected chi connectivity index (χ2v) is 5.04. The van der Waals surface area contributed by atoms with Crippen LogP contribution in [0.4, 0.5) is 5.69 Å². The van der Waals surface area contributed by atoms with E-state index in [1.54, 1.807) is 43.8 Å². The molecule has 116 valence electrons. The Morgan fingerprint density at radius 1 is 1.32 bits per heavy atom. The zero-order valence-corrected chi connectivity index (χ0v) is 13.0. The van der Waals surface area contributed by atoms with Crippen LogP contribution < -0.4 is 11.5 Å². The highest BCUT2D eigenvalue weighted by Crippen LogP contribution is 2.16. The van der Waals surface area contributed by atoms with Crippen LogP contribution in [0.3, 0.4) is 0 Å². The summed E-state index contributed by atoms with van der Waals surface area (Å²) in [6.07, 6.45) is 0. The second-order valence-electron chi connectivity index (χ2n) is 5.04. The van der Waals surface area contributed by atoms with Gasteiger partial charge in [0, 0.05) is 24.0 Å². The normalized spacial score (nSPS) is 11.5. The van der Waals surface area contributed by atoms with E-state index in [-0.39, 0.29) is 5.84 Å². The van der Waals surface area contributed by atoms with Crippen LogP contribution in [-0.2, 0) is 11.9 Å². The van der Waals surface area contributed by atoms with Gasteiger partial charge in [0.2, 0.25) is 0 Å². The Bertz CT molecular complexity index is 762. The van der Waals surface area contributed by atoms with Gasteiger partial charge in [-0.15, -0.1) is 0 Å². The molecule has 0 spiro atoms. The average Bonchev–Trinajstić information content (AvgIpc) is 2.72. The summed E-state index contributed by atoms with van der Waals surface area (Å²) in [6, 6.07) is 5.29. The van der Waals surface area contributed by atoms with E-state index in [0.29, 0.717) is 28.2 Å². The van der Waals surface area contributed by atoms with Crippen molar-refractivity contribution >= 4 is 17.5 Å². The molecule has 4 N–H and O–H groups in total. The quantitative estimate of drug-likeness (QED) is 0.293. The number of anilines is 1. The summed E-state index contributed by atoms with van der Waals surface area (Å²) in [4.78, 5) is 17.1. The van der Waals surface area contributed by atoms with Crippen LogP contribution in [0.2, 0.25) is 0 Å². The van der Waals surface area contributed by atoms with E-state index in [0.717, 1.165) is 5.56 Å². The number of carbonyl (C=O) groups is 1. The molecular weight excluding hydrogens is 282 g/mol. The van der Waals surface area contributed by atoms with Crippen LogP contribution in [0.25, 0.3) is 0 Å². The average molecular weight is 301 g/mol. The molecule has 7 nitrogen and oxygen atoms in total. The Morgan fingerprint density at radius 2 is 2.00 bits per heavy atom. The molecule has 0 fully saturated rings. The van der Waals surface area contributed by atoms with E-state index in [1.165, 1.54) is 0 Å². The highest BCUT2D eigenvalue weighted by atomic mass is 16.7. The van der Waals surface area contributed by atoms with Crippen LogP contribution in [0.5, 0.6) is 0 Å². The summed E-state index contributed by atoms with van der Waals surface area (Å²) < 4.78 is 1.61. The smallest absolute Gasteiger partial charge is 0.369 e. The molecule has 0 unspecified atom stereocenters. The summed E-state index contributed by atoms with van der Waals surface area (Å²) in [5.74, 6) is -0.495. The van der Waals surface area contributed by atoms with E-state index >= 15 is 0 Å². The van der Waals surface area contributed by atoms with Crippen molar-refractivity contribution in [3.8, 4) is 0 Å². The van der Waals surface area contributed by atoms with Crippen LogP contribution in [0.1, 0.15) is 32.9 Å². The molecule has 2 rings (SSSR count). The summed E-state index contributed by atoms with van der Waals surface area (Å²) >= 11 is 0. The van der Waals surface area contributed by atoms with E-state index < -0.39 is 5.97 Å². The van der Waals surface area contributed by atoms with E-state index in [4.69, 9.17) is 16.3 Å². The molecule has 0 aliphatic heterocycles. The number of carbonyl (C=O) groups excluding carboxylic acids is 1. The Hall–Kier alpha value is -2.83.